The van der Waals surface area contributed by atoms with Crippen molar-refractivity contribution in [3.05, 3.63) is 26.6 Å². The Bertz CT molecular complexity index is 589. The Morgan fingerprint density at radius 3 is 2.71 bits per heavy atom. The molecule has 3 rings (SSSR count). The largest absolute Gasteiger partial charge is 0.495 e. The molecular formula is C13H12Cl2OS. The molecule has 17 heavy (non-hydrogen) atoms. The summed E-state index contributed by atoms with van der Waals surface area (Å²) in [7, 11) is 1.63. The molecule has 1 aromatic carbocycles. The van der Waals surface area contributed by atoms with Crippen molar-refractivity contribution in [2.75, 3.05) is 7.11 Å². The molecule has 1 aliphatic rings. The molecule has 90 valence electrons. The molecule has 4 heteroatoms. The standard InChI is InChI=1S/C13H12Cl2OS/c1-16-9-6-8-7-4-2-3-5-10(7)17-13(8)12(15)11(9)14/h6H,2-5H2,1H3. The molecule has 1 heterocycles. The first-order chi connectivity index (χ1) is 8.22. The number of halogens is 2. The normalized spacial score (nSPS) is 15.0. The van der Waals surface area contributed by atoms with Gasteiger partial charge >= 0.3 is 0 Å². The Morgan fingerprint density at radius 1 is 1.18 bits per heavy atom. The Morgan fingerprint density at radius 2 is 1.94 bits per heavy atom. The first-order valence-electron chi connectivity index (χ1n) is 5.68. The summed E-state index contributed by atoms with van der Waals surface area (Å²) in [4.78, 5) is 1.47. The Balaban J connectivity index is 2.35. The molecule has 1 aromatic heterocycles. The molecule has 1 nitrogen and oxygen atoms in total. The SMILES string of the molecule is COc1cc2c3c(sc2c(Cl)c1Cl)CCCC3. The van der Waals surface area contributed by atoms with Crippen LogP contribution in [0.25, 0.3) is 10.1 Å². The van der Waals surface area contributed by atoms with Crippen LogP contribution >= 0.6 is 34.5 Å². The lowest BCUT2D eigenvalue weighted by Gasteiger charge is -2.11. The summed E-state index contributed by atoms with van der Waals surface area (Å²) in [5, 5.41) is 2.40. The molecule has 0 saturated heterocycles. The van der Waals surface area contributed by atoms with Gasteiger partial charge in [-0.15, -0.1) is 11.3 Å². The van der Waals surface area contributed by atoms with Gasteiger partial charge in [0.25, 0.3) is 0 Å². The van der Waals surface area contributed by atoms with E-state index in [0.29, 0.717) is 15.8 Å². The van der Waals surface area contributed by atoms with Crippen LogP contribution in [0.2, 0.25) is 10.0 Å². The molecule has 0 fully saturated rings. The van der Waals surface area contributed by atoms with E-state index in [2.05, 4.69) is 0 Å². The molecule has 0 spiro atoms. The molecule has 0 bridgehead atoms. The zero-order chi connectivity index (χ0) is 12.0. The molecule has 0 radical (unpaired) electrons. The van der Waals surface area contributed by atoms with Gasteiger partial charge in [0.05, 0.1) is 16.8 Å². The van der Waals surface area contributed by atoms with Gasteiger partial charge in [-0.1, -0.05) is 23.2 Å². The van der Waals surface area contributed by atoms with Gasteiger partial charge in [0, 0.05) is 10.3 Å². The van der Waals surface area contributed by atoms with Crippen LogP contribution in [-0.4, -0.2) is 7.11 Å². The summed E-state index contributed by atoms with van der Waals surface area (Å²) in [6.07, 6.45) is 4.87. The van der Waals surface area contributed by atoms with Gasteiger partial charge in [0.2, 0.25) is 0 Å². The highest BCUT2D eigenvalue weighted by atomic mass is 35.5. The quantitative estimate of drug-likeness (QED) is 0.709. The second kappa shape index (κ2) is 4.34. The average Bonchev–Trinajstić information content (AvgIpc) is 2.72. The lowest BCUT2D eigenvalue weighted by atomic mass is 9.96. The maximum Gasteiger partial charge on any atom is 0.139 e. The number of ether oxygens (including phenoxy) is 1. The van der Waals surface area contributed by atoms with E-state index in [4.69, 9.17) is 27.9 Å². The lowest BCUT2D eigenvalue weighted by Crippen LogP contribution is -1.97. The number of thiophene rings is 1. The third kappa shape index (κ3) is 1.74. The summed E-state index contributed by atoms with van der Waals surface area (Å²) in [5.74, 6) is 0.676. The average molecular weight is 287 g/mol. The van der Waals surface area contributed by atoms with Crippen molar-refractivity contribution < 1.29 is 4.74 Å². The van der Waals surface area contributed by atoms with Gasteiger partial charge in [-0.2, -0.15) is 0 Å². The molecule has 0 atom stereocenters. The van der Waals surface area contributed by atoms with Crippen LogP contribution in [-0.2, 0) is 12.8 Å². The van der Waals surface area contributed by atoms with E-state index in [1.807, 2.05) is 6.07 Å². The predicted octanol–water partition coefficient (Wildman–Crippen LogP) is 5.10. The minimum Gasteiger partial charge on any atom is -0.495 e. The number of hydrogen-bond acceptors (Lipinski definition) is 2. The van der Waals surface area contributed by atoms with Crippen LogP contribution in [0.15, 0.2) is 6.07 Å². The fourth-order valence-electron chi connectivity index (χ4n) is 2.46. The predicted molar refractivity (Wildman–Crippen MR) is 75.0 cm³/mol. The maximum atomic E-state index is 6.33. The van der Waals surface area contributed by atoms with Crippen LogP contribution in [0.1, 0.15) is 23.3 Å². The van der Waals surface area contributed by atoms with Gasteiger partial charge in [-0.3, -0.25) is 0 Å². The van der Waals surface area contributed by atoms with E-state index < -0.39 is 0 Å². The lowest BCUT2D eigenvalue weighted by molar-refractivity contribution is 0.415. The van der Waals surface area contributed by atoms with Gasteiger partial charge in [0.1, 0.15) is 10.8 Å². The third-order valence-electron chi connectivity index (χ3n) is 3.32. The third-order valence-corrected chi connectivity index (χ3v) is 5.60. The summed E-state index contributed by atoms with van der Waals surface area (Å²) in [5.41, 5.74) is 1.45. The van der Waals surface area contributed by atoms with Crippen molar-refractivity contribution in [3.63, 3.8) is 0 Å². The van der Waals surface area contributed by atoms with Gasteiger partial charge in [-0.25, -0.2) is 0 Å². The smallest absolute Gasteiger partial charge is 0.139 e. The van der Waals surface area contributed by atoms with Gasteiger partial charge in [-0.05, 0) is 37.3 Å². The molecule has 0 unspecified atom stereocenters. The number of aryl methyl sites for hydroxylation is 2. The number of fused-ring (bicyclic) bond motifs is 3. The monoisotopic (exact) mass is 286 g/mol. The summed E-state index contributed by atoms with van der Waals surface area (Å²) >= 11 is 14.3. The topological polar surface area (TPSA) is 9.23 Å². The minimum absolute atomic E-state index is 0.528. The highest BCUT2D eigenvalue weighted by Gasteiger charge is 2.20. The van der Waals surface area contributed by atoms with Crippen LogP contribution in [0, 0.1) is 0 Å². The Hall–Kier alpha value is -0.440. The number of rotatable bonds is 1. The van der Waals surface area contributed by atoms with Crippen LogP contribution < -0.4 is 4.74 Å². The van der Waals surface area contributed by atoms with Crippen LogP contribution in [0.4, 0.5) is 0 Å². The second-order valence-electron chi connectivity index (χ2n) is 4.29. The van der Waals surface area contributed by atoms with E-state index in [-0.39, 0.29) is 0 Å². The number of methoxy groups -OCH3 is 1. The van der Waals surface area contributed by atoms with Crippen LogP contribution in [0.5, 0.6) is 5.75 Å². The molecule has 0 amide bonds. The highest BCUT2D eigenvalue weighted by molar-refractivity contribution is 7.20. The van der Waals surface area contributed by atoms with Gasteiger partial charge < -0.3 is 4.74 Å². The van der Waals surface area contributed by atoms with E-state index in [1.165, 1.54) is 35.1 Å². The molecular weight excluding hydrogens is 275 g/mol. The maximum absolute atomic E-state index is 6.33. The van der Waals surface area contributed by atoms with E-state index >= 15 is 0 Å². The van der Waals surface area contributed by atoms with Crippen LogP contribution in [0.3, 0.4) is 0 Å². The second-order valence-corrected chi connectivity index (χ2v) is 6.16. The van der Waals surface area contributed by atoms with E-state index in [0.717, 1.165) is 11.1 Å². The fraction of sp³-hybridized carbons (Fsp3) is 0.385. The Labute approximate surface area is 114 Å². The Kier molecular flexibility index (Phi) is 2.97. The minimum atomic E-state index is 0.528. The van der Waals surface area contributed by atoms with Crippen molar-refractivity contribution in [2.45, 2.75) is 25.7 Å². The fourth-order valence-corrected chi connectivity index (χ4v) is 4.36. The zero-order valence-corrected chi connectivity index (χ0v) is 11.8. The first-order valence-corrected chi connectivity index (χ1v) is 7.26. The van der Waals surface area contributed by atoms with Gasteiger partial charge in [0.15, 0.2) is 0 Å². The van der Waals surface area contributed by atoms with E-state index in [9.17, 15) is 0 Å². The first kappa shape index (κ1) is 11.6. The summed E-state index contributed by atoms with van der Waals surface area (Å²) in [6.45, 7) is 0. The van der Waals surface area contributed by atoms with Crippen molar-refractivity contribution >= 4 is 44.6 Å². The summed E-state index contributed by atoms with van der Waals surface area (Å²) in [6, 6.07) is 2.03. The molecule has 0 N–H and O–H groups in total. The number of hydrogen-bond donors (Lipinski definition) is 0. The van der Waals surface area contributed by atoms with E-state index in [1.54, 1.807) is 18.4 Å². The zero-order valence-electron chi connectivity index (χ0n) is 9.48. The van der Waals surface area contributed by atoms with Crippen molar-refractivity contribution in [1.29, 1.82) is 0 Å². The molecule has 1 aliphatic carbocycles. The van der Waals surface area contributed by atoms with Crippen molar-refractivity contribution in [2.24, 2.45) is 0 Å². The molecule has 2 aromatic rings. The molecule has 0 saturated carbocycles. The summed E-state index contributed by atoms with van der Waals surface area (Å²) < 4.78 is 6.40. The highest BCUT2D eigenvalue weighted by Crippen LogP contribution is 2.46. The molecule has 0 aliphatic heterocycles. The van der Waals surface area contributed by atoms with Crippen molar-refractivity contribution in [1.82, 2.24) is 0 Å². The number of benzene rings is 1. The van der Waals surface area contributed by atoms with Crippen molar-refractivity contribution in [3.8, 4) is 5.75 Å².